The van der Waals surface area contributed by atoms with Crippen LogP contribution in [0.2, 0.25) is 0 Å². The Bertz CT molecular complexity index is 401. The first-order valence-electron chi connectivity index (χ1n) is 5.34. The van der Waals surface area contributed by atoms with E-state index in [4.69, 9.17) is 9.84 Å². The zero-order valence-electron chi connectivity index (χ0n) is 9.92. The van der Waals surface area contributed by atoms with Crippen LogP contribution in [0.25, 0.3) is 0 Å². The summed E-state index contributed by atoms with van der Waals surface area (Å²) < 4.78 is 5.50. The maximum atomic E-state index is 11.0. The van der Waals surface area contributed by atoms with Crippen LogP contribution in [0.1, 0.15) is 24.2 Å². The molecule has 4 heteroatoms. The van der Waals surface area contributed by atoms with E-state index in [-0.39, 0.29) is 6.10 Å². The first kappa shape index (κ1) is 13.8. The highest BCUT2D eigenvalue weighted by molar-refractivity contribution is 7.99. The summed E-state index contributed by atoms with van der Waals surface area (Å²) in [6.07, 6.45) is 3.92. The molecule has 0 aliphatic rings. The highest BCUT2D eigenvalue weighted by Gasteiger charge is 2.09. The highest BCUT2D eigenvalue weighted by Crippen LogP contribution is 2.23. The molecule has 17 heavy (non-hydrogen) atoms. The van der Waals surface area contributed by atoms with Crippen LogP contribution < -0.4 is 0 Å². The van der Waals surface area contributed by atoms with Gasteiger partial charge < -0.3 is 9.84 Å². The molecule has 1 aromatic carbocycles. The Hall–Kier alpha value is -1.26. The molecule has 0 aromatic heterocycles. The van der Waals surface area contributed by atoms with Crippen molar-refractivity contribution in [3.8, 4) is 0 Å². The van der Waals surface area contributed by atoms with Crippen LogP contribution in [0.3, 0.4) is 0 Å². The van der Waals surface area contributed by atoms with Gasteiger partial charge in [-0.15, -0.1) is 0 Å². The van der Waals surface area contributed by atoms with Crippen LogP contribution in [0.4, 0.5) is 0 Å². The van der Waals surface area contributed by atoms with Gasteiger partial charge in [-0.25, -0.2) is 4.79 Å². The molecule has 0 radical (unpaired) electrons. The Kier molecular flexibility index (Phi) is 5.80. The number of ether oxygens (including phenoxy) is 1. The van der Waals surface area contributed by atoms with Gasteiger partial charge in [0.2, 0.25) is 0 Å². The third-order valence-electron chi connectivity index (χ3n) is 2.13. The van der Waals surface area contributed by atoms with Crippen molar-refractivity contribution in [3.63, 3.8) is 0 Å². The van der Waals surface area contributed by atoms with E-state index < -0.39 is 5.97 Å². The molecule has 0 unspecified atom stereocenters. The minimum Gasteiger partial charge on any atom is -0.478 e. The van der Waals surface area contributed by atoms with E-state index in [1.54, 1.807) is 18.2 Å². The first-order valence-corrected chi connectivity index (χ1v) is 6.33. The summed E-state index contributed by atoms with van der Waals surface area (Å²) in [6.45, 7) is 3.89. The lowest BCUT2D eigenvalue weighted by atomic mass is 10.2. The van der Waals surface area contributed by atoms with E-state index >= 15 is 0 Å². The molecule has 0 aliphatic carbocycles. The summed E-state index contributed by atoms with van der Waals surface area (Å²) >= 11 is 1.39. The van der Waals surface area contributed by atoms with Crippen LogP contribution in [-0.2, 0) is 4.74 Å². The molecule has 1 rings (SSSR count). The van der Waals surface area contributed by atoms with E-state index in [1.165, 1.54) is 11.8 Å². The van der Waals surface area contributed by atoms with Crippen LogP contribution >= 0.6 is 11.8 Å². The Labute approximate surface area is 105 Å². The summed E-state index contributed by atoms with van der Waals surface area (Å²) in [5.41, 5.74) is 0.319. The molecule has 0 spiro atoms. The number of carboxylic acid groups (broad SMARTS) is 1. The zero-order valence-corrected chi connectivity index (χ0v) is 10.7. The molecule has 0 bridgehead atoms. The number of thioether (sulfide) groups is 1. The Morgan fingerprint density at radius 3 is 2.88 bits per heavy atom. The summed E-state index contributed by atoms with van der Waals surface area (Å²) in [5.74, 6) is -0.467. The van der Waals surface area contributed by atoms with E-state index in [1.807, 2.05) is 32.1 Å². The molecule has 1 aromatic rings. The molecule has 0 saturated heterocycles. The molecule has 1 N–H and O–H groups in total. The van der Waals surface area contributed by atoms with Crippen molar-refractivity contribution in [2.45, 2.75) is 24.8 Å². The number of carbonyl (C=O) groups is 1. The van der Waals surface area contributed by atoms with Gasteiger partial charge in [0.25, 0.3) is 0 Å². The van der Waals surface area contributed by atoms with Crippen molar-refractivity contribution in [2.75, 3.05) is 5.94 Å². The molecular formula is C13H16O3S. The lowest BCUT2D eigenvalue weighted by Crippen LogP contribution is -2.04. The second kappa shape index (κ2) is 7.14. The molecule has 0 aliphatic heterocycles. The normalized spacial score (nSPS) is 12.8. The third-order valence-corrected chi connectivity index (χ3v) is 3.05. The number of benzene rings is 1. The van der Waals surface area contributed by atoms with Crippen molar-refractivity contribution >= 4 is 17.7 Å². The Morgan fingerprint density at radius 1 is 1.53 bits per heavy atom. The van der Waals surface area contributed by atoms with Gasteiger partial charge in [0.15, 0.2) is 0 Å². The van der Waals surface area contributed by atoms with Gasteiger partial charge in [-0.3, -0.25) is 0 Å². The van der Waals surface area contributed by atoms with Crippen LogP contribution in [0.15, 0.2) is 41.3 Å². The van der Waals surface area contributed by atoms with Crippen molar-refractivity contribution in [2.24, 2.45) is 0 Å². The average Bonchev–Trinajstić information content (AvgIpc) is 2.30. The first-order chi connectivity index (χ1) is 8.15. The summed E-state index contributed by atoms with van der Waals surface area (Å²) in [7, 11) is 0. The number of aromatic carboxylic acids is 1. The smallest absolute Gasteiger partial charge is 0.336 e. The fourth-order valence-corrected chi connectivity index (χ4v) is 2.20. The molecular weight excluding hydrogens is 236 g/mol. The van der Waals surface area contributed by atoms with Gasteiger partial charge >= 0.3 is 5.97 Å². The SMILES string of the molecule is C/C=C\[C@@H](C)OCSc1ccccc1C(=O)O. The van der Waals surface area contributed by atoms with E-state index in [0.29, 0.717) is 11.5 Å². The monoisotopic (exact) mass is 252 g/mol. The predicted octanol–water partition coefficient (Wildman–Crippen LogP) is 3.42. The van der Waals surface area contributed by atoms with Gasteiger partial charge in [0, 0.05) is 4.90 Å². The summed E-state index contributed by atoms with van der Waals surface area (Å²) in [4.78, 5) is 11.7. The fourth-order valence-electron chi connectivity index (χ4n) is 1.30. The van der Waals surface area contributed by atoms with Gasteiger partial charge in [-0.2, -0.15) is 0 Å². The number of allylic oxidation sites excluding steroid dienone is 1. The maximum absolute atomic E-state index is 11.0. The zero-order chi connectivity index (χ0) is 12.7. The minimum absolute atomic E-state index is 0.0458. The Balaban J connectivity index is 2.54. The minimum atomic E-state index is -0.908. The fraction of sp³-hybridized carbons (Fsp3) is 0.308. The largest absolute Gasteiger partial charge is 0.478 e. The van der Waals surface area contributed by atoms with Crippen molar-refractivity contribution < 1.29 is 14.6 Å². The van der Waals surface area contributed by atoms with Gasteiger partial charge in [-0.1, -0.05) is 36.0 Å². The van der Waals surface area contributed by atoms with E-state index in [2.05, 4.69) is 0 Å². The second-order valence-electron chi connectivity index (χ2n) is 3.46. The molecule has 0 saturated carbocycles. The number of rotatable bonds is 6. The van der Waals surface area contributed by atoms with Gasteiger partial charge in [0.05, 0.1) is 17.6 Å². The Morgan fingerprint density at radius 2 is 2.24 bits per heavy atom. The summed E-state index contributed by atoms with van der Waals surface area (Å²) in [6, 6.07) is 6.93. The van der Waals surface area contributed by atoms with Crippen molar-refractivity contribution in [1.29, 1.82) is 0 Å². The molecule has 92 valence electrons. The number of hydrogen-bond donors (Lipinski definition) is 1. The highest BCUT2D eigenvalue weighted by atomic mass is 32.2. The molecule has 1 atom stereocenters. The topological polar surface area (TPSA) is 46.5 Å². The van der Waals surface area contributed by atoms with Crippen LogP contribution in [0.5, 0.6) is 0 Å². The third kappa shape index (κ3) is 4.63. The van der Waals surface area contributed by atoms with Gasteiger partial charge in [0.1, 0.15) is 0 Å². The van der Waals surface area contributed by atoms with Crippen molar-refractivity contribution in [1.82, 2.24) is 0 Å². The lowest BCUT2D eigenvalue weighted by Gasteiger charge is -2.09. The predicted molar refractivity (Wildman–Crippen MR) is 69.5 cm³/mol. The van der Waals surface area contributed by atoms with E-state index in [0.717, 1.165) is 4.90 Å². The molecule has 3 nitrogen and oxygen atoms in total. The molecule has 0 fully saturated rings. The average molecular weight is 252 g/mol. The summed E-state index contributed by atoms with van der Waals surface area (Å²) in [5, 5.41) is 8.99. The number of carboxylic acids is 1. The quantitative estimate of drug-likeness (QED) is 0.479. The maximum Gasteiger partial charge on any atom is 0.336 e. The standard InChI is InChI=1S/C13H16O3S/c1-3-6-10(2)16-9-17-12-8-5-4-7-11(12)13(14)15/h3-8,10H,9H2,1-2H3,(H,14,15)/b6-3-/t10-/m1/s1. The van der Waals surface area contributed by atoms with E-state index in [9.17, 15) is 4.79 Å². The molecule has 0 heterocycles. The van der Waals surface area contributed by atoms with Crippen LogP contribution in [-0.4, -0.2) is 23.1 Å². The molecule has 0 amide bonds. The lowest BCUT2D eigenvalue weighted by molar-refractivity contribution is 0.0693. The second-order valence-corrected chi connectivity index (χ2v) is 4.43. The van der Waals surface area contributed by atoms with Crippen LogP contribution in [0, 0.1) is 0 Å². The number of hydrogen-bond acceptors (Lipinski definition) is 3. The van der Waals surface area contributed by atoms with Gasteiger partial charge in [-0.05, 0) is 26.0 Å². The van der Waals surface area contributed by atoms with Crippen molar-refractivity contribution in [3.05, 3.63) is 42.0 Å².